The van der Waals surface area contributed by atoms with E-state index in [0.29, 0.717) is 33.5 Å². The lowest BCUT2D eigenvalue weighted by Gasteiger charge is -2.09. The molecule has 0 aliphatic rings. The van der Waals surface area contributed by atoms with Crippen LogP contribution in [0.4, 0.5) is 0 Å². The van der Waals surface area contributed by atoms with Crippen molar-refractivity contribution in [3.63, 3.8) is 0 Å². The van der Waals surface area contributed by atoms with E-state index in [-0.39, 0.29) is 4.90 Å². The molecule has 25 heavy (non-hydrogen) atoms. The van der Waals surface area contributed by atoms with Crippen molar-refractivity contribution in [3.8, 4) is 5.75 Å². The maximum absolute atomic E-state index is 12.3. The molecule has 0 aliphatic heterocycles. The predicted molar refractivity (Wildman–Crippen MR) is 101 cm³/mol. The Morgan fingerprint density at radius 1 is 1.16 bits per heavy atom. The molecule has 0 fully saturated rings. The van der Waals surface area contributed by atoms with Crippen molar-refractivity contribution >= 4 is 39.4 Å². The number of hydrazone groups is 1. The highest BCUT2D eigenvalue weighted by atomic mass is 35.5. The maximum Gasteiger partial charge on any atom is 0.276 e. The Bertz CT molecular complexity index is 889. The second-order valence-electron chi connectivity index (χ2n) is 5.37. The van der Waals surface area contributed by atoms with Gasteiger partial charge in [0.1, 0.15) is 0 Å². The summed E-state index contributed by atoms with van der Waals surface area (Å²) in [6.07, 6.45) is 1.33. The quantitative estimate of drug-likeness (QED) is 0.579. The Hall–Kier alpha value is -1.76. The molecule has 0 amide bonds. The first-order valence-electron chi connectivity index (χ1n) is 7.48. The lowest BCUT2D eigenvalue weighted by molar-refractivity contribution is 0.340. The zero-order chi connectivity index (χ0) is 18.6. The molecule has 0 aromatic heterocycles. The van der Waals surface area contributed by atoms with Crippen LogP contribution in [0.2, 0.25) is 10.0 Å². The first-order chi connectivity index (χ1) is 11.7. The molecular weight excluding hydrogens is 383 g/mol. The number of benzene rings is 2. The van der Waals surface area contributed by atoms with Crippen LogP contribution < -0.4 is 9.57 Å². The second-order valence-corrected chi connectivity index (χ2v) is 7.81. The van der Waals surface area contributed by atoms with Gasteiger partial charge in [0.2, 0.25) is 0 Å². The summed E-state index contributed by atoms with van der Waals surface area (Å²) in [5.41, 5.74) is 2.18. The molecule has 0 aliphatic carbocycles. The van der Waals surface area contributed by atoms with Crippen LogP contribution in [-0.4, -0.2) is 21.2 Å². The Labute approximate surface area is 157 Å². The van der Waals surface area contributed by atoms with Gasteiger partial charge in [-0.3, -0.25) is 0 Å². The number of halogens is 2. The highest BCUT2D eigenvalue weighted by molar-refractivity contribution is 7.89. The summed E-state index contributed by atoms with van der Waals surface area (Å²) in [6, 6.07) is 8.26. The number of hydrogen-bond donors (Lipinski definition) is 1. The van der Waals surface area contributed by atoms with Crippen molar-refractivity contribution in [3.05, 3.63) is 57.1 Å². The van der Waals surface area contributed by atoms with Crippen molar-refractivity contribution in [1.29, 1.82) is 0 Å². The first kappa shape index (κ1) is 19.6. The molecule has 8 heteroatoms. The highest BCUT2D eigenvalue weighted by Crippen LogP contribution is 2.33. The lowest BCUT2D eigenvalue weighted by Crippen LogP contribution is -2.19. The molecule has 0 radical (unpaired) electrons. The fraction of sp³-hybridized carbons (Fsp3) is 0.235. The monoisotopic (exact) mass is 400 g/mol. The van der Waals surface area contributed by atoms with Gasteiger partial charge in [0, 0.05) is 0 Å². The number of sulfonamides is 1. The minimum atomic E-state index is -3.75. The zero-order valence-electron chi connectivity index (χ0n) is 14.0. The highest BCUT2D eigenvalue weighted by Gasteiger charge is 2.15. The lowest BCUT2D eigenvalue weighted by atomic mass is 10.2. The van der Waals surface area contributed by atoms with Crippen LogP contribution in [0, 0.1) is 13.8 Å². The summed E-state index contributed by atoms with van der Waals surface area (Å²) in [5.74, 6) is 0.388. The van der Waals surface area contributed by atoms with Crippen LogP contribution in [0.15, 0.2) is 40.3 Å². The Balaban J connectivity index is 2.20. The predicted octanol–water partition coefficient (Wildman–Crippen LogP) is 4.32. The standard InChI is InChI=1S/C17H18Cl2N2O3S/c1-4-24-17-14(18)8-13(9-15(17)19)10-20-21-25(22,23)16-6-5-11(2)7-12(16)3/h5-10,21H,4H2,1-3H3/b20-10+. The van der Waals surface area contributed by atoms with Gasteiger partial charge in [0.25, 0.3) is 10.0 Å². The molecule has 134 valence electrons. The van der Waals surface area contributed by atoms with Crippen LogP contribution in [-0.2, 0) is 10.0 Å². The van der Waals surface area contributed by atoms with Crippen LogP contribution >= 0.6 is 23.2 Å². The van der Waals surface area contributed by atoms with Gasteiger partial charge in [-0.25, -0.2) is 4.83 Å². The van der Waals surface area contributed by atoms with E-state index in [2.05, 4.69) is 9.93 Å². The largest absolute Gasteiger partial charge is 0.491 e. The summed E-state index contributed by atoms with van der Waals surface area (Å²) in [4.78, 5) is 2.37. The van der Waals surface area contributed by atoms with Crippen molar-refractivity contribution in [2.75, 3.05) is 6.61 Å². The van der Waals surface area contributed by atoms with Crippen LogP contribution in [0.3, 0.4) is 0 Å². The van der Waals surface area contributed by atoms with E-state index in [9.17, 15) is 8.42 Å². The summed E-state index contributed by atoms with van der Waals surface area (Å²) in [7, 11) is -3.75. The average molecular weight is 401 g/mol. The van der Waals surface area contributed by atoms with Gasteiger partial charge >= 0.3 is 0 Å². The van der Waals surface area contributed by atoms with E-state index in [4.69, 9.17) is 27.9 Å². The third-order valence-corrected chi connectivity index (χ3v) is 5.26. The van der Waals surface area contributed by atoms with Crippen molar-refractivity contribution < 1.29 is 13.2 Å². The number of hydrogen-bond acceptors (Lipinski definition) is 4. The number of nitrogens with one attached hydrogen (secondary N) is 1. The van der Waals surface area contributed by atoms with Crippen molar-refractivity contribution in [2.24, 2.45) is 5.10 Å². The van der Waals surface area contributed by atoms with Crippen LogP contribution in [0.5, 0.6) is 5.75 Å². The first-order valence-corrected chi connectivity index (χ1v) is 9.72. The van der Waals surface area contributed by atoms with E-state index in [1.807, 2.05) is 13.8 Å². The molecule has 5 nitrogen and oxygen atoms in total. The normalized spacial score (nSPS) is 11.7. The molecule has 0 spiro atoms. The number of ether oxygens (including phenoxy) is 1. The third-order valence-electron chi connectivity index (χ3n) is 3.32. The minimum Gasteiger partial charge on any atom is -0.491 e. The van der Waals surface area contributed by atoms with E-state index in [1.54, 1.807) is 37.3 Å². The summed E-state index contributed by atoms with van der Waals surface area (Å²) >= 11 is 12.2. The number of aryl methyl sites for hydroxylation is 2. The van der Waals surface area contributed by atoms with Gasteiger partial charge < -0.3 is 4.74 Å². The molecule has 0 saturated heterocycles. The molecule has 0 unspecified atom stereocenters. The van der Waals surface area contributed by atoms with Crippen LogP contribution in [0.1, 0.15) is 23.6 Å². The molecule has 2 aromatic carbocycles. The van der Waals surface area contributed by atoms with E-state index >= 15 is 0 Å². The van der Waals surface area contributed by atoms with E-state index < -0.39 is 10.0 Å². The minimum absolute atomic E-state index is 0.179. The summed E-state index contributed by atoms with van der Waals surface area (Å²) in [5, 5.41) is 4.44. The molecule has 2 aromatic rings. The van der Waals surface area contributed by atoms with Gasteiger partial charge in [-0.15, -0.1) is 0 Å². The third kappa shape index (κ3) is 4.87. The number of rotatable bonds is 6. The van der Waals surface area contributed by atoms with Gasteiger partial charge in [0.15, 0.2) is 5.75 Å². The van der Waals surface area contributed by atoms with Gasteiger partial charge in [-0.1, -0.05) is 40.9 Å². The van der Waals surface area contributed by atoms with Crippen LogP contribution in [0.25, 0.3) is 0 Å². The van der Waals surface area contributed by atoms with Gasteiger partial charge in [-0.05, 0) is 50.1 Å². The number of nitrogens with zero attached hydrogens (tertiary/aromatic N) is 1. The molecular formula is C17H18Cl2N2O3S. The Kier molecular flexibility index (Phi) is 6.32. The van der Waals surface area contributed by atoms with Gasteiger partial charge in [0.05, 0.1) is 27.8 Å². The fourth-order valence-electron chi connectivity index (χ4n) is 2.26. The Morgan fingerprint density at radius 3 is 2.36 bits per heavy atom. The molecule has 0 saturated carbocycles. The van der Waals surface area contributed by atoms with Crippen molar-refractivity contribution in [2.45, 2.75) is 25.7 Å². The fourth-order valence-corrected chi connectivity index (χ4v) is 3.89. The maximum atomic E-state index is 12.3. The summed E-state index contributed by atoms with van der Waals surface area (Å²) < 4.78 is 30.0. The van der Waals surface area contributed by atoms with Gasteiger partial charge in [-0.2, -0.15) is 13.5 Å². The van der Waals surface area contributed by atoms with E-state index in [0.717, 1.165) is 5.56 Å². The summed E-state index contributed by atoms with van der Waals surface area (Å²) in [6.45, 7) is 5.89. The molecule has 2 rings (SSSR count). The average Bonchev–Trinajstić information content (AvgIpc) is 2.50. The molecule has 0 atom stereocenters. The molecule has 0 bridgehead atoms. The molecule has 0 heterocycles. The SMILES string of the molecule is CCOc1c(Cl)cc(/C=N/NS(=O)(=O)c2ccc(C)cc2C)cc1Cl. The van der Waals surface area contributed by atoms with Crippen molar-refractivity contribution in [1.82, 2.24) is 4.83 Å². The van der Waals surface area contributed by atoms with E-state index in [1.165, 1.54) is 6.21 Å². The molecule has 1 N–H and O–H groups in total. The second kappa shape index (κ2) is 8.08. The topological polar surface area (TPSA) is 67.8 Å². The Morgan fingerprint density at radius 2 is 1.80 bits per heavy atom. The smallest absolute Gasteiger partial charge is 0.276 e. The zero-order valence-corrected chi connectivity index (χ0v) is 16.3.